The molecule has 0 bridgehead atoms. The molecule has 1 unspecified atom stereocenters. The third-order valence-corrected chi connectivity index (χ3v) is 4.18. The zero-order valence-corrected chi connectivity index (χ0v) is 16.2. The Morgan fingerprint density at radius 3 is 2.46 bits per heavy atom. The first kappa shape index (κ1) is 21.1. The molecule has 2 N–H and O–H groups in total. The summed E-state index contributed by atoms with van der Waals surface area (Å²) < 4.78 is 15.4. The Bertz CT molecular complexity index is 820. The molecule has 1 amide bonds. The number of phenolic OH excluding ortho intramolecular Hbond substituents is 1. The van der Waals surface area contributed by atoms with Gasteiger partial charge in [-0.2, -0.15) is 0 Å². The number of benzene rings is 2. The number of nitrogens with one attached hydrogen (secondary N) is 1. The molecule has 0 heterocycles. The number of ether oxygens (including phenoxy) is 3. The van der Waals surface area contributed by atoms with Crippen LogP contribution in [0.15, 0.2) is 42.5 Å². The van der Waals surface area contributed by atoms with Gasteiger partial charge < -0.3 is 24.6 Å². The Kier molecular flexibility index (Phi) is 7.68. The van der Waals surface area contributed by atoms with Gasteiger partial charge in [0.25, 0.3) is 5.91 Å². The molecule has 150 valence electrons. The van der Waals surface area contributed by atoms with Crippen molar-refractivity contribution in [3.8, 4) is 17.2 Å². The summed E-state index contributed by atoms with van der Waals surface area (Å²) in [6.07, 6.45) is -0.437. The zero-order chi connectivity index (χ0) is 20.5. The quantitative estimate of drug-likeness (QED) is 0.643. The monoisotopic (exact) mass is 387 g/mol. The van der Waals surface area contributed by atoms with Gasteiger partial charge in [0.05, 0.1) is 14.2 Å². The average molecular weight is 387 g/mol. The topological polar surface area (TPSA) is 94.1 Å². The maximum absolute atomic E-state index is 12.2. The van der Waals surface area contributed by atoms with Crippen molar-refractivity contribution in [3.63, 3.8) is 0 Å². The molecule has 28 heavy (non-hydrogen) atoms. The van der Waals surface area contributed by atoms with E-state index in [1.807, 2.05) is 24.3 Å². The Labute approximate surface area is 164 Å². The first-order chi connectivity index (χ1) is 13.4. The fraction of sp³-hybridized carbons (Fsp3) is 0.333. The molecule has 0 spiro atoms. The predicted octanol–water partition coefficient (Wildman–Crippen LogP) is 2.59. The minimum Gasteiger partial charge on any atom is -0.504 e. The number of esters is 1. The largest absolute Gasteiger partial charge is 0.504 e. The van der Waals surface area contributed by atoms with E-state index in [-0.39, 0.29) is 24.6 Å². The molecule has 0 fully saturated rings. The highest BCUT2D eigenvalue weighted by molar-refractivity contribution is 5.83. The lowest BCUT2D eigenvalue weighted by molar-refractivity contribution is -0.154. The van der Waals surface area contributed by atoms with Crippen LogP contribution in [0, 0.1) is 0 Å². The van der Waals surface area contributed by atoms with Crippen LogP contribution >= 0.6 is 0 Å². The molecule has 2 rings (SSSR count). The van der Waals surface area contributed by atoms with Crippen LogP contribution in [0.25, 0.3) is 0 Å². The number of hydrogen-bond donors (Lipinski definition) is 2. The van der Waals surface area contributed by atoms with Crippen molar-refractivity contribution < 1.29 is 28.9 Å². The summed E-state index contributed by atoms with van der Waals surface area (Å²) in [5.74, 6) is 0.177. The molecule has 0 radical (unpaired) electrons. The lowest BCUT2D eigenvalue weighted by atomic mass is 10.1. The number of methoxy groups -OCH3 is 2. The van der Waals surface area contributed by atoms with Crippen molar-refractivity contribution >= 4 is 11.9 Å². The molecule has 1 atom stereocenters. The van der Waals surface area contributed by atoms with Crippen LogP contribution < -0.4 is 14.8 Å². The number of amides is 1. The van der Waals surface area contributed by atoms with Crippen LogP contribution in [-0.4, -0.2) is 37.3 Å². The molecule has 0 aliphatic heterocycles. The number of para-hydroxylation sites is 1. The van der Waals surface area contributed by atoms with Crippen LogP contribution in [0.4, 0.5) is 0 Å². The molecule has 2 aromatic rings. The number of aromatic hydroxyl groups is 1. The maximum atomic E-state index is 12.2. The minimum absolute atomic E-state index is 0.0115. The van der Waals surface area contributed by atoms with Gasteiger partial charge in [0.1, 0.15) is 5.75 Å². The second-order valence-corrected chi connectivity index (χ2v) is 6.17. The van der Waals surface area contributed by atoms with Crippen LogP contribution in [0.2, 0.25) is 0 Å². The van der Waals surface area contributed by atoms with Gasteiger partial charge >= 0.3 is 5.97 Å². The van der Waals surface area contributed by atoms with Gasteiger partial charge in [-0.1, -0.05) is 24.3 Å². The lowest BCUT2D eigenvalue weighted by Gasteiger charge is -2.14. The van der Waals surface area contributed by atoms with Gasteiger partial charge in [-0.05, 0) is 37.1 Å². The second kappa shape index (κ2) is 10.2. The van der Waals surface area contributed by atoms with E-state index >= 15 is 0 Å². The fourth-order valence-corrected chi connectivity index (χ4v) is 2.62. The number of phenols is 1. The van der Waals surface area contributed by atoms with Gasteiger partial charge in [0.15, 0.2) is 17.6 Å². The normalized spacial score (nSPS) is 11.4. The first-order valence-electron chi connectivity index (χ1n) is 8.89. The molecule has 0 saturated carbocycles. The van der Waals surface area contributed by atoms with E-state index in [4.69, 9.17) is 14.2 Å². The van der Waals surface area contributed by atoms with Crippen molar-refractivity contribution in [3.05, 3.63) is 53.6 Å². The van der Waals surface area contributed by atoms with Gasteiger partial charge in [-0.25, -0.2) is 0 Å². The highest BCUT2D eigenvalue weighted by Gasteiger charge is 2.18. The zero-order valence-electron chi connectivity index (χ0n) is 16.2. The van der Waals surface area contributed by atoms with Crippen molar-refractivity contribution in [2.24, 2.45) is 0 Å². The Morgan fingerprint density at radius 2 is 1.79 bits per heavy atom. The summed E-state index contributed by atoms with van der Waals surface area (Å²) in [6, 6.07) is 12.3. The molecule has 7 nitrogen and oxygen atoms in total. The summed E-state index contributed by atoms with van der Waals surface area (Å²) >= 11 is 0. The average Bonchev–Trinajstić information content (AvgIpc) is 2.70. The van der Waals surface area contributed by atoms with Gasteiger partial charge in [-0.3, -0.25) is 9.59 Å². The van der Waals surface area contributed by atoms with E-state index in [0.29, 0.717) is 17.9 Å². The fourth-order valence-electron chi connectivity index (χ4n) is 2.62. The minimum atomic E-state index is -0.911. The highest BCUT2D eigenvalue weighted by atomic mass is 16.5. The van der Waals surface area contributed by atoms with Crippen molar-refractivity contribution in [2.45, 2.75) is 32.4 Å². The molecular weight excluding hydrogens is 362 g/mol. The third kappa shape index (κ3) is 5.90. The molecule has 2 aromatic carbocycles. The lowest BCUT2D eigenvalue weighted by Crippen LogP contribution is -2.35. The van der Waals surface area contributed by atoms with Crippen LogP contribution in [-0.2, 0) is 27.3 Å². The van der Waals surface area contributed by atoms with E-state index in [1.54, 1.807) is 19.2 Å². The van der Waals surface area contributed by atoms with Crippen molar-refractivity contribution in [1.82, 2.24) is 5.32 Å². The van der Waals surface area contributed by atoms with E-state index in [9.17, 15) is 14.7 Å². The number of aryl methyl sites for hydroxylation is 1. The van der Waals surface area contributed by atoms with Gasteiger partial charge in [-0.15, -0.1) is 0 Å². The summed E-state index contributed by atoms with van der Waals surface area (Å²) in [5.41, 5.74) is 1.60. The molecule has 0 aliphatic carbocycles. The SMILES string of the molecule is COc1ccc(CCC(=O)OC(C)C(=O)NCc2ccccc2OC)cc1O. The van der Waals surface area contributed by atoms with E-state index in [2.05, 4.69) is 5.32 Å². The summed E-state index contributed by atoms with van der Waals surface area (Å²) in [6.45, 7) is 1.80. The molecule has 7 heteroatoms. The standard InChI is InChI=1S/C21H25NO6/c1-14(21(25)22-13-16-6-4-5-7-18(16)26-2)28-20(24)11-9-15-8-10-19(27-3)17(23)12-15/h4-8,10,12,14,23H,9,11,13H2,1-3H3,(H,22,25). The van der Waals surface area contributed by atoms with Crippen molar-refractivity contribution in [2.75, 3.05) is 14.2 Å². The van der Waals surface area contributed by atoms with E-state index < -0.39 is 12.1 Å². The van der Waals surface area contributed by atoms with E-state index in [0.717, 1.165) is 11.1 Å². The number of hydrogen-bond acceptors (Lipinski definition) is 6. The molecule has 0 aromatic heterocycles. The Hall–Kier alpha value is -3.22. The molecule has 0 saturated heterocycles. The third-order valence-electron chi connectivity index (χ3n) is 4.18. The van der Waals surface area contributed by atoms with Crippen LogP contribution in [0.3, 0.4) is 0 Å². The smallest absolute Gasteiger partial charge is 0.306 e. The van der Waals surface area contributed by atoms with Gasteiger partial charge in [0, 0.05) is 18.5 Å². The number of rotatable bonds is 9. The second-order valence-electron chi connectivity index (χ2n) is 6.17. The molecule has 0 aliphatic rings. The Balaban J connectivity index is 1.79. The Morgan fingerprint density at radius 1 is 1.07 bits per heavy atom. The van der Waals surface area contributed by atoms with Crippen molar-refractivity contribution in [1.29, 1.82) is 0 Å². The summed E-state index contributed by atoms with van der Waals surface area (Å²) in [4.78, 5) is 24.2. The van der Waals surface area contributed by atoms with Gasteiger partial charge in [0.2, 0.25) is 0 Å². The number of carbonyl (C=O) groups is 2. The van der Waals surface area contributed by atoms with Crippen LogP contribution in [0.1, 0.15) is 24.5 Å². The van der Waals surface area contributed by atoms with E-state index in [1.165, 1.54) is 20.1 Å². The highest BCUT2D eigenvalue weighted by Crippen LogP contribution is 2.26. The molecular formula is C21H25NO6. The summed E-state index contributed by atoms with van der Waals surface area (Å²) in [5, 5.41) is 12.5. The van der Waals surface area contributed by atoms with Crippen LogP contribution in [0.5, 0.6) is 17.2 Å². The number of carbonyl (C=O) groups excluding carboxylic acids is 2. The summed E-state index contributed by atoms with van der Waals surface area (Å²) in [7, 11) is 3.03. The maximum Gasteiger partial charge on any atom is 0.306 e. The first-order valence-corrected chi connectivity index (χ1v) is 8.89. The predicted molar refractivity (Wildman–Crippen MR) is 103 cm³/mol.